The summed E-state index contributed by atoms with van der Waals surface area (Å²) in [5.74, 6) is 0.478. The molecule has 1 aromatic carbocycles. The van der Waals surface area contributed by atoms with Crippen LogP contribution in [0.2, 0.25) is 0 Å². The van der Waals surface area contributed by atoms with Crippen molar-refractivity contribution in [1.82, 2.24) is 4.90 Å². The van der Waals surface area contributed by atoms with Crippen molar-refractivity contribution >= 4 is 11.7 Å². The summed E-state index contributed by atoms with van der Waals surface area (Å²) in [6.45, 7) is 5.84. The van der Waals surface area contributed by atoms with E-state index in [0.29, 0.717) is 5.92 Å². The predicted octanol–water partition coefficient (Wildman–Crippen LogP) is 2.48. The molecule has 0 spiro atoms. The van der Waals surface area contributed by atoms with Gasteiger partial charge < -0.3 is 9.80 Å². The third-order valence-corrected chi connectivity index (χ3v) is 2.97. The molecule has 0 aromatic heterocycles. The zero-order chi connectivity index (χ0) is 11.7. The Bertz CT molecular complexity index is 389. The molecule has 4 heteroatoms. The van der Waals surface area contributed by atoms with Gasteiger partial charge in [-0.3, -0.25) is 0 Å². The molecule has 2 rings (SSSR count). The molecule has 1 radical (unpaired) electrons. The minimum absolute atomic E-state index is 0. The molecule has 1 heterocycles. The average molecular weight is 306 g/mol. The van der Waals surface area contributed by atoms with E-state index in [0.717, 1.165) is 18.8 Å². The van der Waals surface area contributed by atoms with Crippen LogP contribution >= 0.6 is 0 Å². The van der Waals surface area contributed by atoms with Crippen LogP contribution in [0.25, 0.3) is 0 Å². The molecular formula is C13H17N2OY-. The smallest absolute Gasteiger partial charge is 0.313 e. The molecule has 0 atom stereocenters. The Kier molecular flexibility index (Phi) is 5.14. The van der Waals surface area contributed by atoms with E-state index >= 15 is 0 Å². The molecule has 0 saturated carbocycles. The average Bonchev–Trinajstić information content (AvgIpc) is 2.60. The quantitative estimate of drug-likeness (QED) is 0.770. The summed E-state index contributed by atoms with van der Waals surface area (Å²) in [7, 11) is 1.83. The van der Waals surface area contributed by atoms with Crippen molar-refractivity contribution in [3.8, 4) is 0 Å². The van der Waals surface area contributed by atoms with Crippen molar-refractivity contribution in [3.63, 3.8) is 0 Å². The summed E-state index contributed by atoms with van der Waals surface area (Å²) in [6, 6.07) is 9.27. The van der Waals surface area contributed by atoms with Crippen LogP contribution in [0, 0.1) is 6.07 Å². The normalized spacial score (nSPS) is 15.4. The Morgan fingerprint density at radius 3 is 2.41 bits per heavy atom. The first-order chi connectivity index (χ1) is 7.59. The molecule has 0 N–H and O–H groups in total. The molecular weight excluding hydrogens is 289 g/mol. The molecule has 89 valence electrons. The standard InChI is InChI=1S/C13H17N2O.Y/c1-10(2)11-4-6-12(7-5-11)15-9-8-14(3)13(15)16;/h4,6-7,10H,8-9H2,1-3H3;/q-1;. The Balaban J connectivity index is 0.00000144. The number of likely N-dealkylation sites (N-methyl/N-ethyl adjacent to an activating group) is 1. The van der Waals surface area contributed by atoms with E-state index < -0.39 is 0 Å². The zero-order valence-corrected chi connectivity index (χ0v) is 13.4. The summed E-state index contributed by atoms with van der Waals surface area (Å²) in [4.78, 5) is 15.3. The topological polar surface area (TPSA) is 23.6 Å². The first-order valence-corrected chi connectivity index (χ1v) is 5.64. The fourth-order valence-electron chi connectivity index (χ4n) is 1.84. The second-order valence-corrected chi connectivity index (χ2v) is 4.51. The monoisotopic (exact) mass is 306 g/mol. The van der Waals surface area contributed by atoms with Gasteiger partial charge in [0, 0.05) is 52.8 Å². The molecule has 2 amide bonds. The van der Waals surface area contributed by atoms with Crippen LogP contribution in [0.5, 0.6) is 0 Å². The number of amides is 2. The van der Waals surface area contributed by atoms with Crippen molar-refractivity contribution < 1.29 is 37.5 Å². The van der Waals surface area contributed by atoms with Gasteiger partial charge >= 0.3 is 6.03 Å². The van der Waals surface area contributed by atoms with Crippen molar-refractivity contribution in [1.29, 1.82) is 0 Å². The maximum Gasteiger partial charge on any atom is 0.313 e. The number of hydrogen-bond acceptors (Lipinski definition) is 1. The van der Waals surface area contributed by atoms with Crippen LogP contribution in [-0.2, 0) is 32.7 Å². The van der Waals surface area contributed by atoms with Gasteiger partial charge in [0.2, 0.25) is 0 Å². The number of carbonyl (C=O) groups is 1. The summed E-state index contributed by atoms with van der Waals surface area (Å²) in [5.41, 5.74) is 2.13. The minimum Gasteiger partial charge on any atom is -0.346 e. The van der Waals surface area contributed by atoms with Crippen molar-refractivity contribution in [2.75, 3.05) is 25.0 Å². The van der Waals surface area contributed by atoms with Crippen molar-refractivity contribution in [3.05, 3.63) is 29.8 Å². The first-order valence-electron chi connectivity index (χ1n) is 5.64. The molecule has 17 heavy (non-hydrogen) atoms. The number of anilines is 1. The number of carbonyl (C=O) groups excluding carboxylic acids is 1. The zero-order valence-electron chi connectivity index (χ0n) is 10.6. The first kappa shape index (κ1) is 14.7. The Hall–Kier alpha value is -0.406. The summed E-state index contributed by atoms with van der Waals surface area (Å²) in [6.07, 6.45) is 0. The van der Waals surface area contributed by atoms with Crippen molar-refractivity contribution in [2.24, 2.45) is 0 Å². The SMILES string of the molecule is CC(C)c1[c-]cc(N2CCN(C)C2=O)cc1.[Y]. The van der Waals surface area contributed by atoms with E-state index in [4.69, 9.17) is 0 Å². The third kappa shape index (κ3) is 3.08. The van der Waals surface area contributed by atoms with E-state index in [1.54, 1.807) is 9.80 Å². The number of urea groups is 1. The van der Waals surface area contributed by atoms with Gasteiger partial charge in [0.15, 0.2) is 0 Å². The van der Waals surface area contributed by atoms with Crippen LogP contribution in [0.15, 0.2) is 18.2 Å². The van der Waals surface area contributed by atoms with Gasteiger partial charge in [0.05, 0.1) is 0 Å². The second kappa shape index (κ2) is 5.97. The van der Waals surface area contributed by atoms with E-state index in [1.807, 2.05) is 25.2 Å². The van der Waals surface area contributed by atoms with Gasteiger partial charge in [0.1, 0.15) is 0 Å². The van der Waals surface area contributed by atoms with Gasteiger partial charge in [-0.2, -0.15) is 23.8 Å². The van der Waals surface area contributed by atoms with Crippen LogP contribution in [0.4, 0.5) is 10.5 Å². The molecule has 0 aliphatic carbocycles. The van der Waals surface area contributed by atoms with Crippen LogP contribution in [0.3, 0.4) is 0 Å². The Morgan fingerprint density at radius 2 is 2.00 bits per heavy atom. The van der Waals surface area contributed by atoms with Gasteiger partial charge in [-0.25, -0.2) is 4.79 Å². The van der Waals surface area contributed by atoms with E-state index in [9.17, 15) is 4.79 Å². The summed E-state index contributed by atoms with van der Waals surface area (Å²) in [5, 5.41) is 0. The fraction of sp³-hybridized carbons (Fsp3) is 0.462. The van der Waals surface area contributed by atoms with Crippen LogP contribution in [-0.4, -0.2) is 31.1 Å². The molecule has 1 saturated heterocycles. The minimum atomic E-state index is 0. The number of rotatable bonds is 2. The molecule has 3 nitrogen and oxygen atoms in total. The van der Waals surface area contributed by atoms with Gasteiger partial charge in [-0.05, 0) is 5.92 Å². The Morgan fingerprint density at radius 1 is 1.29 bits per heavy atom. The van der Waals surface area contributed by atoms with Crippen molar-refractivity contribution in [2.45, 2.75) is 19.8 Å². The van der Waals surface area contributed by atoms with Gasteiger partial charge in [0.25, 0.3) is 0 Å². The van der Waals surface area contributed by atoms with Crippen LogP contribution < -0.4 is 4.90 Å². The third-order valence-electron chi connectivity index (χ3n) is 2.97. The maximum atomic E-state index is 11.8. The predicted molar refractivity (Wildman–Crippen MR) is 64.7 cm³/mol. The fourth-order valence-corrected chi connectivity index (χ4v) is 1.84. The largest absolute Gasteiger partial charge is 0.346 e. The van der Waals surface area contributed by atoms with E-state index in [-0.39, 0.29) is 38.7 Å². The maximum absolute atomic E-state index is 11.8. The summed E-state index contributed by atoms with van der Waals surface area (Å²) < 4.78 is 0. The van der Waals surface area contributed by atoms with Crippen LogP contribution in [0.1, 0.15) is 25.3 Å². The van der Waals surface area contributed by atoms with Gasteiger partial charge in [-0.15, -0.1) is 6.07 Å². The number of benzene rings is 1. The molecule has 1 aliphatic rings. The molecule has 0 unspecified atom stereocenters. The Labute approximate surface area is 128 Å². The van der Waals surface area contributed by atoms with E-state index in [2.05, 4.69) is 19.9 Å². The van der Waals surface area contributed by atoms with E-state index in [1.165, 1.54) is 5.56 Å². The molecule has 1 aromatic rings. The molecule has 1 fully saturated rings. The second-order valence-electron chi connectivity index (χ2n) is 4.51. The number of hydrogen-bond donors (Lipinski definition) is 0. The molecule has 1 aliphatic heterocycles. The van der Waals surface area contributed by atoms with Gasteiger partial charge in [-0.1, -0.05) is 19.5 Å². The summed E-state index contributed by atoms with van der Waals surface area (Å²) >= 11 is 0. The number of nitrogens with zero attached hydrogens (tertiary/aromatic N) is 2. The molecule has 0 bridgehead atoms.